The van der Waals surface area contributed by atoms with Crippen molar-refractivity contribution in [1.82, 2.24) is 5.32 Å². The fourth-order valence-electron chi connectivity index (χ4n) is 2.53. The Labute approximate surface area is 147 Å². The minimum atomic E-state index is -0.630. The van der Waals surface area contributed by atoms with E-state index in [4.69, 9.17) is 9.47 Å². The highest BCUT2D eigenvalue weighted by Crippen LogP contribution is 2.18. The van der Waals surface area contributed by atoms with Crippen LogP contribution in [0.15, 0.2) is 0 Å². The van der Waals surface area contributed by atoms with E-state index in [0.29, 0.717) is 25.5 Å². The van der Waals surface area contributed by atoms with Crippen LogP contribution in [0.5, 0.6) is 0 Å². The van der Waals surface area contributed by atoms with Crippen molar-refractivity contribution in [3.05, 3.63) is 0 Å². The van der Waals surface area contributed by atoms with Gasteiger partial charge in [0.05, 0.1) is 13.2 Å². The van der Waals surface area contributed by atoms with Crippen molar-refractivity contribution in [2.24, 2.45) is 5.92 Å². The second-order valence-corrected chi connectivity index (χ2v) is 6.37. The maximum absolute atomic E-state index is 11.6. The molecule has 24 heavy (non-hydrogen) atoms. The number of ether oxygens (including phenoxy) is 2. The molecule has 0 bridgehead atoms. The molecule has 0 aliphatic heterocycles. The van der Waals surface area contributed by atoms with Gasteiger partial charge in [0.1, 0.15) is 6.61 Å². The molecule has 1 unspecified atom stereocenters. The molecular weight excluding hydrogens is 306 g/mol. The number of carbonyl (C=O) groups is 2. The molecule has 142 valence electrons. The molecule has 0 radical (unpaired) electrons. The monoisotopic (exact) mass is 343 g/mol. The van der Waals surface area contributed by atoms with Crippen LogP contribution >= 0.6 is 0 Å². The highest BCUT2D eigenvalue weighted by Gasteiger charge is 2.12. The first-order valence-electron chi connectivity index (χ1n) is 9.70. The first kappa shape index (κ1) is 22.7. The van der Waals surface area contributed by atoms with E-state index in [1.54, 1.807) is 0 Å². The van der Waals surface area contributed by atoms with Gasteiger partial charge in [-0.1, -0.05) is 59.3 Å². The third-order valence-corrected chi connectivity index (χ3v) is 3.99. The molecule has 0 saturated heterocycles. The van der Waals surface area contributed by atoms with Crippen molar-refractivity contribution >= 4 is 12.1 Å². The molecule has 1 atom stereocenters. The SMILES string of the molecule is CCCCCCC(CCCC)COC(=O)OCCNC(=O)CCC. The molecule has 0 rings (SSSR count). The van der Waals surface area contributed by atoms with Gasteiger partial charge < -0.3 is 14.8 Å². The highest BCUT2D eigenvalue weighted by molar-refractivity contribution is 5.75. The Hall–Kier alpha value is -1.26. The average molecular weight is 344 g/mol. The van der Waals surface area contributed by atoms with Gasteiger partial charge in [0.2, 0.25) is 5.91 Å². The normalized spacial score (nSPS) is 11.8. The molecule has 0 saturated carbocycles. The van der Waals surface area contributed by atoms with Gasteiger partial charge in [-0.3, -0.25) is 4.79 Å². The molecule has 1 amide bonds. The molecule has 0 aromatic rings. The summed E-state index contributed by atoms with van der Waals surface area (Å²) in [7, 11) is 0. The van der Waals surface area contributed by atoms with Crippen LogP contribution in [0.1, 0.15) is 85.0 Å². The van der Waals surface area contributed by atoms with Crippen molar-refractivity contribution < 1.29 is 19.1 Å². The minimum Gasteiger partial charge on any atom is -0.434 e. The maximum Gasteiger partial charge on any atom is 0.508 e. The van der Waals surface area contributed by atoms with Crippen molar-refractivity contribution in [2.75, 3.05) is 19.8 Å². The lowest BCUT2D eigenvalue weighted by Gasteiger charge is -2.16. The lowest BCUT2D eigenvalue weighted by atomic mass is 9.96. The number of carbonyl (C=O) groups excluding carboxylic acids is 2. The Kier molecular flexibility index (Phi) is 15.7. The van der Waals surface area contributed by atoms with Gasteiger partial charge in [-0.05, 0) is 25.2 Å². The van der Waals surface area contributed by atoms with E-state index in [9.17, 15) is 9.59 Å². The van der Waals surface area contributed by atoms with Crippen molar-refractivity contribution in [1.29, 1.82) is 0 Å². The first-order chi connectivity index (χ1) is 11.6. The molecule has 0 heterocycles. The van der Waals surface area contributed by atoms with Gasteiger partial charge in [0, 0.05) is 6.42 Å². The van der Waals surface area contributed by atoms with Crippen molar-refractivity contribution in [3.8, 4) is 0 Å². The number of hydrogen-bond acceptors (Lipinski definition) is 4. The summed E-state index contributed by atoms with van der Waals surface area (Å²) in [6, 6.07) is 0. The molecule has 0 aromatic carbocycles. The van der Waals surface area contributed by atoms with Crippen LogP contribution in [0.4, 0.5) is 4.79 Å². The molecule has 1 N–H and O–H groups in total. The van der Waals surface area contributed by atoms with Gasteiger partial charge in [0.15, 0.2) is 0 Å². The molecular formula is C19H37NO4. The van der Waals surface area contributed by atoms with Crippen molar-refractivity contribution in [2.45, 2.75) is 85.0 Å². The molecule has 0 aliphatic carbocycles. The van der Waals surface area contributed by atoms with Gasteiger partial charge in [0.25, 0.3) is 0 Å². The fourth-order valence-corrected chi connectivity index (χ4v) is 2.53. The van der Waals surface area contributed by atoms with E-state index < -0.39 is 6.16 Å². The Balaban J connectivity index is 3.83. The topological polar surface area (TPSA) is 64.6 Å². The summed E-state index contributed by atoms with van der Waals surface area (Å²) in [5.41, 5.74) is 0. The van der Waals surface area contributed by atoms with E-state index in [-0.39, 0.29) is 12.5 Å². The van der Waals surface area contributed by atoms with E-state index in [1.807, 2.05) is 6.92 Å². The fraction of sp³-hybridized carbons (Fsp3) is 0.895. The van der Waals surface area contributed by atoms with Crippen molar-refractivity contribution in [3.63, 3.8) is 0 Å². The second kappa shape index (κ2) is 16.6. The summed E-state index contributed by atoms with van der Waals surface area (Å²) in [5, 5.41) is 2.70. The van der Waals surface area contributed by atoms with Gasteiger partial charge >= 0.3 is 6.16 Å². The van der Waals surface area contributed by atoms with E-state index >= 15 is 0 Å². The molecule has 0 aromatic heterocycles. The summed E-state index contributed by atoms with van der Waals surface area (Å²) in [4.78, 5) is 22.9. The average Bonchev–Trinajstić information content (AvgIpc) is 2.57. The summed E-state index contributed by atoms with van der Waals surface area (Å²) in [6.07, 6.45) is 10.2. The van der Waals surface area contributed by atoms with Crippen LogP contribution in [0.25, 0.3) is 0 Å². The second-order valence-electron chi connectivity index (χ2n) is 6.37. The lowest BCUT2D eigenvalue weighted by Crippen LogP contribution is -2.28. The van der Waals surface area contributed by atoms with Gasteiger partial charge in [-0.2, -0.15) is 0 Å². The zero-order valence-corrected chi connectivity index (χ0v) is 15.9. The number of hydrogen-bond donors (Lipinski definition) is 1. The van der Waals surface area contributed by atoms with Crippen LogP contribution in [-0.4, -0.2) is 31.8 Å². The highest BCUT2D eigenvalue weighted by atomic mass is 16.7. The molecule has 0 aliphatic rings. The molecule has 5 heteroatoms. The Morgan fingerprint density at radius 2 is 1.58 bits per heavy atom. The summed E-state index contributed by atoms with van der Waals surface area (Å²) in [6.45, 7) is 7.26. The van der Waals surface area contributed by atoms with Gasteiger partial charge in [-0.25, -0.2) is 4.79 Å². The van der Waals surface area contributed by atoms with E-state index in [1.165, 1.54) is 32.1 Å². The Morgan fingerprint density at radius 3 is 2.25 bits per heavy atom. The van der Waals surface area contributed by atoms with Crippen LogP contribution in [0, 0.1) is 5.92 Å². The number of unbranched alkanes of at least 4 members (excludes halogenated alkanes) is 4. The zero-order chi connectivity index (χ0) is 18.0. The van der Waals surface area contributed by atoms with Crippen LogP contribution in [0.2, 0.25) is 0 Å². The Morgan fingerprint density at radius 1 is 0.875 bits per heavy atom. The number of amides is 1. The quantitative estimate of drug-likeness (QED) is 0.341. The third kappa shape index (κ3) is 14.3. The maximum atomic E-state index is 11.6. The minimum absolute atomic E-state index is 0.0128. The third-order valence-electron chi connectivity index (χ3n) is 3.99. The summed E-state index contributed by atoms with van der Waals surface area (Å²) >= 11 is 0. The van der Waals surface area contributed by atoms with Crippen LogP contribution in [-0.2, 0) is 14.3 Å². The predicted octanol–water partition coefficient (Wildman–Crippen LogP) is 4.83. The molecule has 5 nitrogen and oxygen atoms in total. The summed E-state index contributed by atoms with van der Waals surface area (Å²) in [5.74, 6) is 0.416. The molecule has 0 spiro atoms. The number of nitrogens with one attached hydrogen (secondary N) is 1. The predicted molar refractivity (Wildman–Crippen MR) is 97.0 cm³/mol. The largest absolute Gasteiger partial charge is 0.508 e. The first-order valence-corrected chi connectivity index (χ1v) is 9.70. The van der Waals surface area contributed by atoms with Gasteiger partial charge in [-0.15, -0.1) is 0 Å². The lowest BCUT2D eigenvalue weighted by molar-refractivity contribution is -0.121. The Bertz CT molecular complexity index is 320. The standard InChI is InChI=1S/C19H37NO4/c1-4-7-9-10-13-17(12-8-5-2)16-24-19(22)23-15-14-20-18(21)11-6-3/h17H,4-16H2,1-3H3,(H,20,21). The zero-order valence-electron chi connectivity index (χ0n) is 15.9. The molecule has 0 fully saturated rings. The van der Waals surface area contributed by atoms with Crippen LogP contribution in [0.3, 0.4) is 0 Å². The smallest absolute Gasteiger partial charge is 0.434 e. The number of rotatable bonds is 15. The van der Waals surface area contributed by atoms with E-state index in [0.717, 1.165) is 25.7 Å². The van der Waals surface area contributed by atoms with E-state index in [2.05, 4.69) is 19.2 Å². The summed E-state index contributed by atoms with van der Waals surface area (Å²) < 4.78 is 10.2. The van der Waals surface area contributed by atoms with Crippen LogP contribution < -0.4 is 5.32 Å².